The van der Waals surface area contributed by atoms with E-state index in [2.05, 4.69) is 14.7 Å². The van der Waals surface area contributed by atoms with Crippen molar-refractivity contribution in [3.05, 3.63) is 18.0 Å². The fraction of sp³-hybridized carbons (Fsp3) is 0.800. The van der Waals surface area contributed by atoms with Crippen LogP contribution in [-0.2, 0) is 28.4 Å². The molecule has 23 heavy (non-hydrogen) atoms. The van der Waals surface area contributed by atoms with E-state index < -0.39 is 10.0 Å². The fourth-order valence-electron chi connectivity index (χ4n) is 3.68. The highest BCUT2D eigenvalue weighted by Gasteiger charge is 2.40. The lowest BCUT2D eigenvalue weighted by atomic mass is 9.82. The zero-order valence-electron chi connectivity index (χ0n) is 13.9. The largest absolute Gasteiger partial charge is 0.375 e. The number of hydrogen-bond acceptors (Lipinski definition) is 5. The Morgan fingerprint density at radius 1 is 1.43 bits per heavy atom. The van der Waals surface area contributed by atoms with Crippen molar-refractivity contribution >= 4 is 10.0 Å². The van der Waals surface area contributed by atoms with E-state index in [9.17, 15) is 8.42 Å². The molecule has 1 atom stereocenters. The summed E-state index contributed by atoms with van der Waals surface area (Å²) in [6.45, 7) is 3.47. The predicted octanol–water partition coefficient (Wildman–Crippen LogP) is 0.483. The minimum absolute atomic E-state index is 0.00220. The van der Waals surface area contributed by atoms with E-state index in [4.69, 9.17) is 4.74 Å². The first-order valence-corrected chi connectivity index (χ1v) is 10.0. The number of rotatable bonds is 4. The maximum absolute atomic E-state index is 11.5. The molecule has 3 rings (SSSR count). The Hall–Kier alpha value is -0.960. The third-order valence-electron chi connectivity index (χ3n) is 4.95. The summed E-state index contributed by atoms with van der Waals surface area (Å²) in [7, 11) is -1.19. The molecule has 1 N–H and O–H groups in total. The van der Waals surface area contributed by atoms with Crippen molar-refractivity contribution in [2.75, 3.05) is 26.0 Å². The van der Waals surface area contributed by atoms with Crippen LogP contribution in [0.5, 0.6) is 0 Å². The normalized spacial score (nSPS) is 25.7. The second-order valence-electron chi connectivity index (χ2n) is 6.83. The molecule has 2 fully saturated rings. The van der Waals surface area contributed by atoms with Gasteiger partial charge < -0.3 is 4.74 Å². The van der Waals surface area contributed by atoms with Gasteiger partial charge in [0.25, 0.3) is 0 Å². The molecule has 2 aliphatic rings. The van der Waals surface area contributed by atoms with Crippen LogP contribution >= 0.6 is 0 Å². The highest BCUT2D eigenvalue weighted by molar-refractivity contribution is 7.88. The van der Waals surface area contributed by atoms with Gasteiger partial charge in [-0.25, -0.2) is 13.1 Å². The fourth-order valence-corrected chi connectivity index (χ4v) is 4.49. The van der Waals surface area contributed by atoms with E-state index in [1.807, 2.05) is 24.0 Å². The van der Waals surface area contributed by atoms with Gasteiger partial charge in [0.1, 0.15) is 0 Å². The number of sulfonamides is 1. The van der Waals surface area contributed by atoms with Crippen LogP contribution in [0.1, 0.15) is 31.4 Å². The third-order valence-corrected chi connectivity index (χ3v) is 5.71. The van der Waals surface area contributed by atoms with E-state index >= 15 is 0 Å². The minimum atomic E-state index is -3.15. The number of ether oxygens (including phenoxy) is 1. The zero-order chi connectivity index (χ0) is 16.5. The molecule has 1 spiro atoms. The molecule has 2 aliphatic heterocycles. The smallest absolute Gasteiger partial charge is 0.208 e. The maximum Gasteiger partial charge on any atom is 0.208 e. The number of piperidine rings is 1. The van der Waals surface area contributed by atoms with E-state index in [1.54, 1.807) is 0 Å². The van der Waals surface area contributed by atoms with Gasteiger partial charge >= 0.3 is 0 Å². The molecule has 8 heteroatoms. The Morgan fingerprint density at radius 3 is 2.78 bits per heavy atom. The molecular weight excluding hydrogens is 316 g/mol. The van der Waals surface area contributed by atoms with Crippen molar-refractivity contribution in [1.82, 2.24) is 19.4 Å². The van der Waals surface area contributed by atoms with Crippen LogP contribution in [0.15, 0.2) is 12.3 Å². The molecule has 2 saturated heterocycles. The molecule has 0 saturated carbocycles. The third kappa shape index (κ3) is 4.32. The van der Waals surface area contributed by atoms with Gasteiger partial charge in [-0.05, 0) is 31.7 Å². The van der Waals surface area contributed by atoms with Gasteiger partial charge in [-0.3, -0.25) is 9.58 Å². The number of hydrogen-bond donors (Lipinski definition) is 1. The summed E-state index contributed by atoms with van der Waals surface area (Å²) < 4.78 is 33.7. The van der Waals surface area contributed by atoms with Gasteiger partial charge in [-0.2, -0.15) is 5.10 Å². The summed E-state index contributed by atoms with van der Waals surface area (Å²) in [5.41, 5.74) is 1.05. The minimum Gasteiger partial charge on any atom is -0.375 e. The quantitative estimate of drug-likeness (QED) is 0.861. The Morgan fingerprint density at radius 2 is 2.17 bits per heavy atom. The molecule has 130 valence electrons. The molecule has 7 nitrogen and oxygen atoms in total. The SMILES string of the molecule is Cn1nccc1CN1CCC2(CC1)C[C@@H](NS(C)(=O)=O)CCO2. The van der Waals surface area contributed by atoms with Crippen molar-refractivity contribution in [1.29, 1.82) is 0 Å². The van der Waals surface area contributed by atoms with E-state index in [1.165, 1.54) is 11.9 Å². The highest BCUT2D eigenvalue weighted by atomic mass is 32.2. The van der Waals surface area contributed by atoms with Crippen molar-refractivity contribution < 1.29 is 13.2 Å². The van der Waals surface area contributed by atoms with Crippen LogP contribution in [0.25, 0.3) is 0 Å². The number of likely N-dealkylation sites (tertiary alicyclic amines) is 1. The Bertz CT molecular complexity index is 635. The van der Waals surface area contributed by atoms with Crippen LogP contribution in [-0.4, -0.2) is 60.7 Å². The lowest BCUT2D eigenvalue weighted by Gasteiger charge is -2.46. The molecule has 0 aliphatic carbocycles. The summed E-state index contributed by atoms with van der Waals surface area (Å²) in [5.74, 6) is 0. The molecule has 0 aromatic carbocycles. The average molecular weight is 342 g/mol. The van der Waals surface area contributed by atoms with Gasteiger partial charge in [0.2, 0.25) is 10.0 Å². The second-order valence-corrected chi connectivity index (χ2v) is 8.61. The van der Waals surface area contributed by atoms with Crippen molar-refractivity contribution in [3.8, 4) is 0 Å². The van der Waals surface area contributed by atoms with Crippen LogP contribution in [0.4, 0.5) is 0 Å². The summed E-state index contributed by atoms with van der Waals surface area (Å²) in [5, 5.41) is 4.21. The molecule has 0 amide bonds. The average Bonchev–Trinajstić information content (AvgIpc) is 2.85. The monoisotopic (exact) mass is 342 g/mol. The molecular formula is C15H26N4O3S. The summed E-state index contributed by atoms with van der Waals surface area (Å²) in [6.07, 6.45) is 6.49. The number of nitrogens with one attached hydrogen (secondary N) is 1. The summed E-state index contributed by atoms with van der Waals surface area (Å²) in [6, 6.07) is 2.05. The molecule has 0 bridgehead atoms. The van der Waals surface area contributed by atoms with Crippen molar-refractivity contribution in [3.63, 3.8) is 0 Å². The highest BCUT2D eigenvalue weighted by Crippen LogP contribution is 2.35. The van der Waals surface area contributed by atoms with Crippen molar-refractivity contribution in [2.24, 2.45) is 7.05 Å². The lowest BCUT2D eigenvalue weighted by Crippen LogP contribution is -2.53. The molecule has 0 radical (unpaired) electrons. The first-order valence-electron chi connectivity index (χ1n) is 8.16. The van der Waals surface area contributed by atoms with Crippen LogP contribution < -0.4 is 4.72 Å². The Labute approximate surface area is 138 Å². The van der Waals surface area contributed by atoms with Crippen LogP contribution in [0.3, 0.4) is 0 Å². The number of aryl methyl sites for hydroxylation is 1. The number of nitrogens with zero attached hydrogens (tertiary/aromatic N) is 3. The van der Waals surface area contributed by atoms with E-state index in [0.29, 0.717) is 6.61 Å². The Balaban J connectivity index is 1.56. The van der Waals surface area contributed by atoms with Gasteiger partial charge in [0.15, 0.2) is 0 Å². The molecule has 1 aromatic heterocycles. The van der Waals surface area contributed by atoms with Crippen LogP contribution in [0, 0.1) is 0 Å². The molecule has 3 heterocycles. The van der Waals surface area contributed by atoms with Gasteiger partial charge in [0.05, 0.1) is 17.6 Å². The first kappa shape index (κ1) is 16.9. The first-order chi connectivity index (χ1) is 10.9. The topological polar surface area (TPSA) is 76.5 Å². The summed E-state index contributed by atoms with van der Waals surface area (Å²) >= 11 is 0. The zero-order valence-corrected chi connectivity index (χ0v) is 14.7. The molecule has 0 unspecified atom stereocenters. The van der Waals surface area contributed by atoms with Gasteiger partial charge in [0, 0.05) is 45.5 Å². The Kier molecular flexibility index (Phi) is 4.78. The molecule has 1 aromatic rings. The van der Waals surface area contributed by atoms with Gasteiger partial charge in [-0.1, -0.05) is 0 Å². The van der Waals surface area contributed by atoms with E-state index in [0.717, 1.165) is 45.3 Å². The predicted molar refractivity (Wildman–Crippen MR) is 87.4 cm³/mol. The summed E-state index contributed by atoms with van der Waals surface area (Å²) in [4.78, 5) is 2.42. The van der Waals surface area contributed by atoms with Crippen LogP contribution in [0.2, 0.25) is 0 Å². The lowest BCUT2D eigenvalue weighted by molar-refractivity contribution is -0.118. The maximum atomic E-state index is 11.5. The number of aromatic nitrogens is 2. The van der Waals surface area contributed by atoms with Crippen molar-refractivity contribution in [2.45, 2.75) is 43.9 Å². The second kappa shape index (κ2) is 6.51. The van der Waals surface area contributed by atoms with E-state index in [-0.39, 0.29) is 11.6 Å². The van der Waals surface area contributed by atoms with Gasteiger partial charge in [-0.15, -0.1) is 0 Å². The standard InChI is InChI=1S/C15H26N4O3S/c1-18-14(3-7-16-18)12-19-8-5-15(6-9-19)11-13(4-10-22-15)17-23(2,20)21/h3,7,13,17H,4-6,8-12H2,1-2H3/t13-/m0/s1.